The van der Waals surface area contributed by atoms with Gasteiger partial charge in [0, 0.05) is 29.4 Å². The van der Waals surface area contributed by atoms with Gasteiger partial charge in [-0.1, -0.05) is 56.6 Å². The molecular formula is C26H27ClN2O3S. The molecular weight excluding hydrogens is 456 g/mol. The molecule has 1 aliphatic rings. The first kappa shape index (κ1) is 23.5. The molecule has 1 heterocycles. The van der Waals surface area contributed by atoms with E-state index in [0.29, 0.717) is 17.1 Å². The zero-order valence-electron chi connectivity index (χ0n) is 18.9. The van der Waals surface area contributed by atoms with Crippen LogP contribution in [0.5, 0.6) is 0 Å². The average molecular weight is 483 g/mol. The van der Waals surface area contributed by atoms with Crippen LogP contribution in [0.4, 0.5) is 5.69 Å². The number of rotatable bonds is 5. The highest BCUT2D eigenvalue weighted by Gasteiger charge is 2.26. The van der Waals surface area contributed by atoms with Crippen LogP contribution in [0.25, 0.3) is 0 Å². The number of anilines is 1. The molecule has 0 radical (unpaired) electrons. The van der Waals surface area contributed by atoms with Crippen molar-refractivity contribution in [2.45, 2.75) is 44.0 Å². The minimum absolute atomic E-state index is 0.0387. The Labute approximate surface area is 200 Å². The molecule has 33 heavy (non-hydrogen) atoms. The minimum Gasteiger partial charge on any atom is -0.308 e. The van der Waals surface area contributed by atoms with E-state index in [2.05, 4.69) is 25.5 Å². The third kappa shape index (κ3) is 5.13. The average Bonchev–Trinajstić information content (AvgIpc) is 3.20. The van der Waals surface area contributed by atoms with Crippen LogP contribution in [0.1, 0.15) is 47.8 Å². The lowest BCUT2D eigenvalue weighted by molar-refractivity contribution is 0.0989. The van der Waals surface area contributed by atoms with Gasteiger partial charge in [0.05, 0.1) is 4.90 Å². The molecule has 0 spiro atoms. The van der Waals surface area contributed by atoms with Gasteiger partial charge in [0.15, 0.2) is 0 Å². The van der Waals surface area contributed by atoms with Crippen LogP contribution < -0.4 is 9.62 Å². The highest BCUT2D eigenvalue weighted by Crippen LogP contribution is 2.30. The second-order valence-electron chi connectivity index (χ2n) is 9.28. The summed E-state index contributed by atoms with van der Waals surface area (Å²) in [7, 11) is -3.62. The lowest BCUT2D eigenvalue weighted by atomic mass is 9.87. The van der Waals surface area contributed by atoms with E-state index in [4.69, 9.17) is 11.6 Å². The molecule has 0 fully saturated rings. The lowest BCUT2D eigenvalue weighted by Crippen LogP contribution is -2.28. The van der Waals surface area contributed by atoms with E-state index in [1.807, 2.05) is 30.3 Å². The maximum Gasteiger partial charge on any atom is 0.258 e. The van der Waals surface area contributed by atoms with Crippen LogP contribution in [0.3, 0.4) is 0 Å². The van der Waals surface area contributed by atoms with Crippen LogP contribution in [-0.4, -0.2) is 20.9 Å². The van der Waals surface area contributed by atoms with Crippen LogP contribution in [0.15, 0.2) is 71.6 Å². The van der Waals surface area contributed by atoms with Gasteiger partial charge in [0.25, 0.3) is 5.91 Å². The van der Waals surface area contributed by atoms with Crippen molar-refractivity contribution >= 4 is 33.2 Å². The fourth-order valence-electron chi connectivity index (χ4n) is 3.92. The summed E-state index contributed by atoms with van der Waals surface area (Å²) in [6, 6.07) is 19.6. The topological polar surface area (TPSA) is 66.5 Å². The Morgan fingerprint density at radius 2 is 1.67 bits per heavy atom. The third-order valence-corrected chi connectivity index (χ3v) is 7.54. The third-order valence-electron chi connectivity index (χ3n) is 5.87. The molecule has 0 saturated heterocycles. The first-order valence-corrected chi connectivity index (χ1v) is 12.7. The molecule has 0 aromatic heterocycles. The number of carbonyl (C=O) groups is 1. The van der Waals surface area contributed by atoms with Gasteiger partial charge in [-0.25, -0.2) is 13.1 Å². The van der Waals surface area contributed by atoms with Crippen molar-refractivity contribution in [1.29, 1.82) is 0 Å². The van der Waals surface area contributed by atoms with Gasteiger partial charge in [0.2, 0.25) is 10.0 Å². The number of nitrogens with zero attached hydrogens (tertiary/aromatic N) is 1. The standard InChI is InChI=1S/C26H27ClN2O3S/c1-26(2,3)21-7-11-23(12-8-21)33(31,32)28-17-18-4-13-24-20(16-18)14-15-29(24)25(30)19-5-9-22(27)10-6-19/h4-13,16,28H,14-15,17H2,1-3H3. The van der Waals surface area contributed by atoms with Gasteiger partial charge >= 0.3 is 0 Å². The van der Waals surface area contributed by atoms with Gasteiger partial charge in [-0.3, -0.25) is 4.79 Å². The summed E-state index contributed by atoms with van der Waals surface area (Å²) in [4.78, 5) is 14.9. The summed E-state index contributed by atoms with van der Waals surface area (Å²) in [6.07, 6.45) is 0.726. The van der Waals surface area contributed by atoms with Gasteiger partial charge < -0.3 is 4.90 Å². The Hall–Kier alpha value is -2.67. The number of carbonyl (C=O) groups excluding carboxylic acids is 1. The fourth-order valence-corrected chi connectivity index (χ4v) is 5.06. The number of hydrogen-bond donors (Lipinski definition) is 1. The van der Waals surface area contributed by atoms with E-state index in [9.17, 15) is 13.2 Å². The molecule has 5 nitrogen and oxygen atoms in total. The molecule has 0 saturated carbocycles. The normalized spacial score (nSPS) is 13.8. The van der Waals surface area contributed by atoms with Crippen molar-refractivity contribution < 1.29 is 13.2 Å². The number of nitrogens with one attached hydrogen (secondary N) is 1. The molecule has 1 N–H and O–H groups in total. The van der Waals surface area contributed by atoms with Crippen LogP contribution in [-0.2, 0) is 28.4 Å². The Bertz CT molecular complexity index is 1280. The number of benzene rings is 3. The largest absolute Gasteiger partial charge is 0.308 e. The molecule has 0 atom stereocenters. The zero-order valence-corrected chi connectivity index (χ0v) is 20.5. The van der Waals surface area contributed by atoms with Crippen molar-refractivity contribution in [2.75, 3.05) is 11.4 Å². The number of fused-ring (bicyclic) bond motifs is 1. The van der Waals surface area contributed by atoms with Crippen molar-refractivity contribution in [3.63, 3.8) is 0 Å². The summed E-state index contributed by atoms with van der Waals surface area (Å²) in [5.41, 5.74) is 4.37. The first-order valence-electron chi connectivity index (χ1n) is 10.8. The Morgan fingerprint density at radius 1 is 1.00 bits per heavy atom. The van der Waals surface area contributed by atoms with Gasteiger partial charge in [-0.2, -0.15) is 0 Å². The number of sulfonamides is 1. The molecule has 0 bridgehead atoms. The van der Waals surface area contributed by atoms with E-state index in [-0.39, 0.29) is 22.8 Å². The highest BCUT2D eigenvalue weighted by atomic mass is 35.5. The van der Waals surface area contributed by atoms with Gasteiger partial charge in [-0.15, -0.1) is 0 Å². The maximum absolute atomic E-state index is 12.9. The summed E-state index contributed by atoms with van der Waals surface area (Å²) < 4.78 is 28.2. The molecule has 3 aromatic rings. The minimum atomic E-state index is -3.62. The van der Waals surface area contributed by atoms with Gasteiger partial charge in [0.1, 0.15) is 0 Å². The molecule has 4 rings (SSSR count). The maximum atomic E-state index is 12.9. The Morgan fingerprint density at radius 3 is 2.30 bits per heavy atom. The Balaban J connectivity index is 1.45. The fraction of sp³-hybridized carbons (Fsp3) is 0.269. The van der Waals surface area contributed by atoms with Crippen molar-refractivity contribution in [3.8, 4) is 0 Å². The number of halogens is 1. The quantitative estimate of drug-likeness (QED) is 0.535. The molecule has 0 unspecified atom stereocenters. The van der Waals surface area contributed by atoms with Crippen LogP contribution >= 0.6 is 11.6 Å². The van der Waals surface area contributed by atoms with Crippen LogP contribution in [0, 0.1) is 0 Å². The number of amides is 1. The summed E-state index contributed by atoms with van der Waals surface area (Å²) >= 11 is 5.93. The van der Waals surface area contributed by atoms with E-state index < -0.39 is 10.0 Å². The summed E-state index contributed by atoms with van der Waals surface area (Å²) in [5.74, 6) is -0.0717. The van der Waals surface area contributed by atoms with Crippen LogP contribution in [0.2, 0.25) is 5.02 Å². The molecule has 1 amide bonds. The molecule has 1 aliphatic heterocycles. The SMILES string of the molecule is CC(C)(C)c1ccc(S(=O)(=O)NCc2ccc3c(c2)CCN3C(=O)c2ccc(Cl)cc2)cc1. The van der Waals surface area contributed by atoms with Crippen molar-refractivity contribution in [3.05, 3.63) is 94.0 Å². The zero-order chi connectivity index (χ0) is 23.8. The van der Waals surface area contributed by atoms with Gasteiger partial charge in [-0.05, 0) is 71.0 Å². The first-order chi connectivity index (χ1) is 15.5. The highest BCUT2D eigenvalue weighted by molar-refractivity contribution is 7.89. The summed E-state index contributed by atoms with van der Waals surface area (Å²) in [5, 5.41) is 0.589. The predicted molar refractivity (Wildman–Crippen MR) is 132 cm³/mol. The van der Waals surface area contributed by atoms with E-state index in [0.717, 1.165) is 28.8 Å². The summed E-state index contributed by atoms with van der Waals surface area (Å²) in [6.45, 7) is 7.04. The lowest BCUT2D eigenvalue weighted by Gasteiger charge is -2.19. The van der Waals surface area contributed by atoms with E-state index in [1.54, 1.807) is 41.3 Å². The monoisotopic (exact) mass is 482 g/mol. The molecule has 7 heteroatoms. The molecule has 172 valence electrons. The number of hydrogen-bond acceptors (Lipinski definition) is 3. The predicted octanol–water partition coefficient (Wildman–Crippen LogP) is 5.32. The second kappa shape index (κ2) is 8.93. The smallest absolute Gasteiger partial charge is 0.258 e. The van der Waals surface area contributed by atoms with E-state index >= 15 is 0 Å². The second-order valence-corrected chi connectivity index (χ2v) is 11.5. The molecule has 3 aromatic carbocycles. The van der Waals surface area contributed by atoms with Crippen molar-refractivity contribution in [2.24, 2.45) is 0 Å². The van der Waals surface area contributed by atoms with E-state index in [1.165, 1.54) is 0 Å². The van der Waals surface area contributed by atoms with Crippen molar-refractivity contribution in [1.82, 2.24) is 4.72 Å². The molecule has 0 aliphatic carbocycles. The Kier molecular flexibility index (Phi) is 6.36.